The molecule has 31 heavy (non-hydrogen) atoms. The fraction of sp³-hybridized carbons (Fsp3) is 1.00. The van der Waals surface area contributed by atoms with Crippen LogP contribution in [0.4, 0.5) is 0 Å². The second-order valence-corrected chi connectivity index (χ2v) is 9.36. The topological polar surface area (TPSA) is 162 Å². The van der Waals surface area contributed by atoms with Crippen LogP contribution in [0.15, 0.2) is 0 Å². The standard InChI is InChI=1S/C23H48O8/c1-16(24)6-3-7-19(27)13-20(28)9-5-11-22(30)15-23(31)14-21(29)10-4-8-18(26)12-17(2)25/h16-31H,3-15H2,1-2H3/t16-,17?,18?,19?,20?,21?,22?,23?/m0/s1. The van der Waals surface area contributed by atoms with E-state index >= 15 is 0 Å². The molecule has 0 spiro atoms. The molecule has 0 aromatic carbocycles. The van der Waals surface area contributed by atoms with E-state index in [1.165, 1.54) is 0 Å². The number of hydrogen-bond donors (Lipinski definition) is 8. The summed E-state index contributed by atoms with van der Waals surface area (Å²) in [6, 6.07) is 0. The molecular weight excluding hydrogens is 404 g/mol. The molecule has 0 aromatic heterocycles. The van der Waals surface area contributed by atoms with Crippen LogP contribution in [0.1, 0.15) is 97.3 Å². The van der Waals surface area contributed by atoms with Crippen molar-refractivity contribution < 1.29 is 40.9 Å². The minimum Gasteiger partial charge on any atom is -0.393 e. The highest BCUT2D eigenvalue weighted by Gasteiger charge is 2.18. The Hall–Kier alpha value is -0.320. The van der Waals surface area contributed by atoms with Gasteiger partial charge in [-0.2, -0.15) is 0 Å². The smallest absolute Gasteiger partial charge is 0.0589 e. The molecule has 0 rings (SSSR count). The fourth-order valence-corrected chi connectivity index (χ4v) is 3.85. The van der Waals surface area contributed by atoms with Gasteiger partial charge in [0.05, 0.1) is 48.8 Å². The predicted octanol–water partition coefficient (Wildman–Crippen LogP) is 0.985. The summed E-state index contributed by atoms with van der Waals surface area (Å²) >= 11 is 0. The molecule has 8 atom stereocenters. The van der Waals surface area contributed by atoms with Crippen LogP contribution in [0.2, 0.25) is 0 Å². The van der Waals surface area contributed by atoms with Crippen molar-refractivity contribution in [3.05, 3.63) is 0 Å². The summed E-state index contributed by atoms with van der Waals surface area (Å²) in [6.07, 6.45) is 0.675. The Labute approximate surface area is 187 Å². The lowest BCUT2D eigenvalue weighted by molar-refractivity contribution is 0.0290. The summed E-state index contributed by atoms with van der Waals surface area (Å²) < 4.78 is 0. The van der Waals surface area contributed by atoms with Gasteiger partial charge in [0.1, 0.15) is 0 Å². The molecular formula is C23H48O8. The van der Waals surface area contributed by atoms with Gasteiger partial charge in [-0.05, 0) is 97.3 Å². The van der Waals surface area contributed by atoms with Crippen LogP contribution >= 0.6 is 0 Å². The van der Waals surface area contributed by atoms with Gasteiger partial charge in [0.25, 0.3) is 0 Å². The average molecular weight is 453 g/mol. The van der Waals surface area contributed by atoms with Gasteiger partial charge >= 0.3 is 0 Å². The molecule has 0 heterocycles. The van der Waals surface area contributed by atoms with E-state index in [9.17, 15) is 40.9 Å². The lowest BCUT2D eigenvalue weighted by atomic mass is 9.97. The molecule has 0 saturated heterocycles. The summed E-state index contributed by atoms with van der Waals surface area (Å²) in [6.45, 7) is 3.32. The van der Waals surface area contributed by atoms with Crippen molar-refractivity contribution in [3.63, 3.8) is 0 Å². The van der Waals surface area contributed by atoms with Crippen LogP contribution in [0, 0.1) is 0 Å². The summed E-state index contributed by atoms with van der Waals surface area (Å²) in [4.78, 5) is 0. The van der Waals surface area contributed by atoms with Crippen LogP contribution in [0.5, 0.6) is 0 Å². The van der Waals surface area contributed by atoms with Gasteiger partial charge in [-0.3, -0.25) is 0 Å². The summed E-state index contributed by atoms with van der Waals surface area (Å²) in [5, 5.41) is 78.2. The monoisotopic (exact) mass is 452 g/mol. The van der Waals surface area contributed by atoms with Gasteiger partial charge in [-0.15, -0.1) is 0 Å². The lowest BCUT2D eigenvalue weighted by Crippen LogP contribution is -2.24. The molecule has 0 aliphatic carbocycles. The van der Waals surface area contributed by atoms with E-state index in [-0.39, 0.29) is 25.4 Å². The first-order valence-electron chi connectivity index (χ1n) is 11.9. The predicted molar refractivity (Wildman–Crippen MR) is 119 cm³/mol. The molecule has 0 amide bonds. The zero-order valence-electron chi connectivity index (χ0n) is 19.4. The van der Waals surface area contributed by atoms with Gasteiger partial charge < -0.3 is 40.9 Å². The van der Waals surface area contributed by atoms with E-state index in [1.807, 2.05) is 0 Å². The van der Waals surface area contributed by atoms with Crippen molar-refractivity contribution in [2.45, 2.75) is 146 Å². The number of rotatable bonds is 20. The van der Waals surface area contributed by atoms with Crippen molar-refractivity contribution in [3.8, 4) is 0 Å². The molecule has 188 valence electrons. The molecule has 7 unspecified atom stereocenters. The molecule has 0 saturated carbocycles. The minimum absolute atomic E-state index is 0.153. The molecule has 0 aromatic rings. The van der Waals surface area contributed by atoms with Crippen LogP contribution in [0.3, 0.4) is 0 Å². The van der Waals surface area contributed by atoms with Crippen LogP contribution in [0.25, 0.3) is 0 Å². The summed E-state index contributed by atoms with van der Waals surface area (Å²) in [5.74, 6) is 0. The van der Waals surface area contributed by atoms with Crippen molar-refractivity contribution in [2.24, 2.45) is 0 Å². The van der Waals surface area contributed by atoms with Gasteiger partial charge in [0, 0.05) is 0 Å². The average Bonchev–Trinajstić information content (AvgIpc) is 2.60. The Balaban J connectivity index is 3.84. The van der Waals surface area contributed by atoms with Crippen LogP contribution in [-0.4, -0.2) is 89.7 Å². The maximum Gasteiger partial charge on any atom is 0.0589 e. The highest BCUT2D eigenvalue weighted by atomic mass is 16.3. The number of aliphatic hydroxyl groups is 8. The molecule has 0 aliphatic rings. The highest BCUT2D eigenvalue weighted by Crippen LogP contribution is 2.17. The first-order chi connectivity index (χ1) is 14.5. The second-order valence-electron chi connectivity index (χ2n) is 9.36. The summed E-state index contributed by atoms with van der Waals surface area (Å²) in [5.41, 5.74) is 0. The van der Waals surface area contributed by atoms with Gasteiger partial charge in [0.15, 0.2) is 0 Å². The van der Waals surface area contributed by atoms with Gasteiger partial charge in [0.2, 0.25) is 0 Å². The van der Waals surface area contributed by atoms with Crippen LogP contribution < -0.4 is 0 Å². The van der Waals surface area contributed by atoms with E-state index in [0.717, 1.165) is 0 Å². The molecule has 0 radical (unpaired) electrons. The largest absolute Gasteiger partial charge is 0.393 e. The van der Waals surface area contributed by atoms with E-state index < -0.39 is 42.7 Å². The third-order valence-corrected chi connectivity index (χ3v) is 5.55. The molecule has 8 heteroatoms. The Bertz CT molecular complexity index is 407. The van der Waals surface area contributed by atoms with E-state index in [1.54, 1.807) is 13.8 Å². The molecule has 8 N–H and O–H groups in total. The van der Waals surface area contributed by atoms with E-state index in [4.69, 9.17) is 0 Å². The maximum atomic E-state index is 10.1. The number of hydrogen-bond acceptors (Lipinski definition) is 8. The Morgan fingerprint density at radius 2 is 0.645 bits per heavy atom. The molecule has 0 aliphatic heterocycles. The van der Waals surface area contributed by atoms with E-state index in [2.05, 4.69) is 0 Å². The SMILES string of the molecule is CC(O)CC(O)CCCC(O)CC(O)CC(O)CCCC(O)CC(O)CCC[C@H](C)O. The Morgan fingerprint density at radius 3 is 0.968 bits per heavy atom. The first-order valence-corrected chi connectivity index (χ1v) is 11.9. The zero-order chi connectivity index (χ0) is 23.8. The molecule has 8 nitrogen and oxygen atoms in total. The summed E-state index contributed by atoms with van der Waals surface area (Å²) in [7, 11) is 0. The quantitative estimate of drug-likeness (QED) is 0.136. The first kappa shape index (κ1) is 30.7. The Kier molecular flexibility index (Phi) is 18.0. The normalized spacial score (nSPS) is 19.9. The highest BCUT2D eigenvalue weighted by molar-refractivity contribution is 4.71. The fourth-order valence-electron chi connectivity index (χ4n) is 3.85. The van der Waals surface area contributed by atoms with E-state index in [0.29, 0.717) is 64.2 Å². The second kappa shape index (κ2) is 18.1. The third-order valence-electron chi connectivity index (χ3n) is 5.55. The number of aliphatic hydroxyl groups excluding tert-OH is 8. The van der Waals surface area contributed by atoms with Crippen molar-refractivity contribution in [1.82, 2.24) is 0 Å². The lowest BCUT2D eigenvalue weighted by Gasteiger charge is -2.20. The maximum absolute atomic E-state index is 10.1. The van der Waals surface area contributed by atoms with Gasteiger partial charge in [-0.1, -0.05) is 0 Å². The zero-order valence-corrected chi connectivity index (χ0v) is 19.4. The minimum atomic E-state index is -0.826. The van der Waals surface area contributed by atoms with Crippen molar-refractivity contribution in [2.75, 3.05) is 0 Å². The van der Waals surface area contributed by atoms with Crippen LogP contribution in [-0.2, 0) is 0 Å². The van der Waals surface area contributed by atoms with Crippen molar-refractivity contribution in [1.29, 1.82) is 0 Å². The van der Waals surface area contributed by atoms with Gasteiger partial charge in [-0.25, -0.2) is 0 Å². The Morgan fingerprint density at radius 1 is 0.355 bits per heavy atom. The molecule has 0 fully saturated rings. The molecule has 0 bridgehead atoms. The third kappa shape index (κ3) is 20.0. The van der Waals surface area contributed by atoms with Crippen molar-refractivity contribution >= 4 is 0 Å².